The molecule has 3 aromatic rings. The van der Waals surface area contributed by atoms with Crippen LogP contribution in [0.25, 0.3) is 10.2 Å². The van der Waals surface area contributed by atoms with E-state index >= 15 is 0 Å². The maximum absolute atomic E-state index is 13.4. The van der Waals surface area contributed by atoms with Gasteiger partial charge in [0.2, 0.25) is 5.91 Å². The highest BCUT2D eigenvalue weighted by atomic mass is 32.1. The molecule has 2 aliphatic rings. The summed E-state index contributed by atoms with van der Waals surface area (Å²) in [5.41, 5.74) is 0.525. The van der Waals surface area contributed by atoms with Gasteiger partial charge in [-0.25, -0.2) is 9.78 Å². The summed E-state index contributed by atoms with van der Waals surface area (Å²) in [5.74, 6) is -0.601. The Kier molecular flexibility index (Phi) is 5.17. The predicted molar refractivity (Wildman–Crippen MR) is 122 cm³/mol. The molecule has 0 aliphatic carbocycles. The number of nitrogens with zero attached hydrogens (tertiary/aromatic N) is 3. The second-order valence-electron chi connectivity index (χ2n) is 8.21. The van der Waals surface area contributed by atoms with Crippen molar-refractivity contribution in [1.29, 1.82) is 0 Å². The Bertz CT molecular complexity index is 1160. The van der Waals surface area contributed by atoms with E-state index in [-0.39, 0.29) is 24.4 Å². The summed E-state index contributed by atoms with van der Waals surface area (Å²) in [6.45, 7) is 2.20. The number of rotatable bonds is 5. The number of urea groups is 1. The summed E-state index contributed by atoms with van der Waals surface area (Å²) < 4.78 is 1.09. The summed E-state index contributed by atoms with van der Waals surface area (Å²) in [4.78, 5) is 46.9. The van der Waals surface area contributed by atoms with Crippen LogP contribution < -0.4 is 5.32 Å². The number of imide groups is 1. The fourth-order valence-corrected chi connectivity index (χ4v) is 5.83. The molecule has 0 bridgehead atoms. The molecule has 8 heteroatoms. The Balaban J connectivity index is 1.37. The van der Waals surface area contributed by atoms with Crippen molar-refractivity contribution in [2.45, 2.75) is 37.8 Å². The summed E-state index contributed by atoms with van der Waals surface area (Å²) in [6.07, 6.45) is 2.11. The third kappa shape index (κ3) is 3.26. The Morgan fingerprint density at radius 2 is 1.91 bits per heavy atom. The number of aromatic nitrogens is 1. The fourth-order valence-electron chi connectivity index (χ4n) is 4.71. The third-order valence-corrected chi connectivity index (χ3v) is 7.57. The van der Waals surface area contributed by atoms with Gasteiger partial charge in [0, 0.05) is 6.54 Å². The van der Waals surface area contributed by atoms with Crippen LogP contribution in [0.3, 0.4) is 0 Å². The molecule has 4 amide bonds. The molecule has 1 aromatic heterocycles. The number of benzene rings is 2. The van der Waals surface area contributed by atoms with Gasteiger partial charge in [0.25, 0.3) is 5.91 Å². The lowest BCUT2D eigenvalue weighted by atomic mass is 9.87. The van der Waals surface area contributed by atoms with E-state index in [1.165, 1.54) is 0 Å². The SMILES string of the molecule is CCC1(c2ccccc2)NC(=O)N(CC(=O)N2CCCC2c2nc3ccccc3s2)C1=O. The number of thiazole rings is 1. The predicted octanol–water partition coefficient (Wildman–Crippen LogP) is 3.82. The van der Waals surface area contributed by atoms with Crippen LogP contribution in [-0.2, 0) is 15.1 Å². The molecule has 0 saturated carbocycles. The monoisotopic (exact) mass is 448 g/mol. The van der Waals surface area contributed by atoms with Gasteiger partial charge in [-0.3, -0.25) is 14.5 Å². The lowest BCUT2D eigenvalue weighted by molar-refractivity contribution is -0.139. The van der Waals surface area contributed by atoms with Gasteiger partial charge in [0.05, 0.1) is 16.3 Å². The lowest BCUT2D eigenvalue weighted by Gasteiger charge is -2.27. The largest absolute Gasteiger partial charge is 0.332 e. The molecular formula is C24H24N4O3S. The molecule has 2 atom stereocenters. The van der Waals surface area contributed by atoms with Crippen LogP contribution >= 0.6 is 11.3 Å². The van der Waals surface area contributed by atoms with Crippen LogP contribution in [-0.4, -0.2) is 45.7 Å². The van der Waals surface area contributed by atoms with E-state index in [0.29, 0.717) is 13.0 Å². The first-order valence-corrected chi connectivity index (χ1v) is 11.7. The van der Waals surface area contributed by atoms with Gasteiger partial charge in [-0.2, -0.15) is 0 Å². The number of hydrogen-bond acceptors (Lipinski definition) is 5. The van der Waals surface area contributed by atoms with Crippen molar-refractivity contribution in [2.24, 2.45) is 0 Å². The maximum atomic E-state index is 13.4. The standard InChI is InChI=1S/C24H24N4O3S/c1-2-24(16-9-4-3-5-10-16)22(30)28(23(31)26-24)15-20(29)27-14-8-12-18(27)21-25-17-11-6-7-13-19(17)32-21/h3-7,9-11,13,18H,2,8,12,14-15H2,1H3,(H,26,31). The van der Waals surface area contributed by atoms with Crippen molar-refractivity contribution in [3.05, 3.63) is 65.2 Å². The average Bonchev–Trinajstić information content (AvgIpc) is 3.52. The average molecular weight is 449 g/mol. The maximum Gasteiger partial charge on any atom is 0.325 e. The molecule has 0 spiro atoms. The number of likely N-dealkylation sites (tertiary alicyclic amines) is 1. The molecule has 7 nitrogen and oxygen atoms in total. The van der Waals surface area contributed by atoms with E-state index in [0.717, 1.165) is 38.5 Å². The van der Waals surface area contributed by atoms with E-state index in [1.807, 2.05) is 61.5 Å². The van der Waals surface area contributed by atoms with E-state index in [9.17, 15) is 14.4 Å². The normalized spacial score (nSPS) is 23.2. The molecule has 2 saturated heterocycles. The zero-order valence-corrected chi connectivity index (χ0v) is 18.6. The molecule has 5 rings (SSSR count). The molecule has 2 aliphatic heterocycles. The van der Waals surface area contributed by atoms with Crippen LogP contribution in [0.2, 0.25) is 0 Å². The van der Waals surface area contributed by atoms with Gasteiger partial charge >= 0.3 is 6.03 Å². The molecule has 2 fully saturated rings. The van der Waals surface area contributed by atoms with Crippen LogP contribution in [0, 0.1) is 0 Å². The highest BCUT2D eigenvalue weighted by Crippen LogP contribution is 2.37. The second kappa shape index (κ2) is 8.02. The molecule has 164 valence electrons. The summed E-state index contributed by atoms with van der Waals surface area (Å²) >= 11 is 1.60. The molecule has 1 N–H and O–H groups in total. The second-order valence-corrected chi connectivity index (χ2v) is 9.27. The molecule has 32 heavy (non-hydrogen) atoms. The quantitative estimate of drug-likeness (QED) is 0.602. The topological polar surface area (TPSA) is 82.6 Å². The fraction of sp³-hybridized carbons (Fsp3) is 0.333. The number of fused-ring (bicyclic) bond motifs is 1. The van der Waals surface area contributed by atoms with Crippen LogP contribution in [0.1, 0.15) is 42.8 Å². The zero-order chi connectivity index (χ0) is 22.3. The minimum absolute atomic E-state index is 0.120. The molecule has 2 unspecified atom stereocenters. The number of amides is 4. The molecule has 2 aromatic carbocycles. The highest BCUT2D eigenvalue weighted by molar-refractivity contribution is 7.18. The van der Waals surface area contributed by atoms with Crippen LogP contribution in [0.4, 0.5) is 4.79 Å². The van der Waals surface area contributed by atoms with E-state index in [4.69, 9.17) is 4.98 Å². The zero-order valence-electron chi connectivity index (χ0n) is 17.8. The Morgan fingerprint density at radius 3 is 2.66 bits per heavy atom. The van der Waals surface area contributed by atoms with Crippen LogP contribution in [0.5, 0.6) is 0 Å². The number of hydrogen-bond donors (Lipinski definition) is 1. The first kappa shape index (κ1) is 20.6. The number of carbonyl (C=O) groups is 3. The minimum Gasteiger partial charge on any atom is -0.332 e. The van der Waals surface area contributed by atoms with Gasteiger partial charge in [-0.1, -0.05) is 49.4 Å². The molecule has 0 radical (unpaired) electrons. The van der Waals surface area contributed by atoms with E-state index in [1.54, 1.807) is 16.2 Å². The summed E-state index contributed by atoms with van der Waals surface area (Å²) in [5, 5.41) is 3.75. The molecular weight excluding hydrogens is 424 g/mol. The first-order valence-electron chi connectivity index (χ1n) is 10.9. The van der Waals surface area contributed by atoms with Crippen molar-refractivity contribution in [3.63, 3.8) is 0 Å². The van der Waals surface area contributed by atoms with Gasteiger partial charge in [-0.15, -0.1) is 11.3 Å². The van der Waals surface area contributed by atoms with Crippen molar-refractivity contribution in [2.75, 3.05) is 13.1 Å². The highest BCUT2D eigenvalue weighted by Gasteiger charge is 2.52. The van der Waals surface area contributed by atoms with Gasteiger partial charge in [0.15, 0.2) is 0 Å². The summed E-state index contributed by atoms with van der Waals surface area (Å²) in [6, 6.07) is 16.5. The van der Waals surface area contributed by atoms with Crippen molar-refractivity contribution < 1.29 is 14.4 Å². The third-order valence-electron chi connectivity index (χ3n) is 6.43. The van der Waals surface area contributed by atoms with Gasteiger partial charge < -0.3 is 10.2 Å². The van der Waals surface area contributed by atoms with Crippen molar-refractivity contribution in [3.8, 4) is 0 Å². The summed E-state index contributed by atoms with van der Waals surface area (Å²) in [7, 11) is 0. The van der Waals surface area contributed by atoms with Crippen molar-refractivity contribution >= 4 is 39.4 Å². The van der Waals surface area contributed by atoms with Crippen molar-refractivity contribution in [1.82, 2.24) is 20.1 Å². The Morgan fingerprint density at radius 1 is 1.16 bits per heavy atom. The minimum atomic E-state index is -1.13. The van der Waals surface area contributed by atoms with Gasteiger partial charge in [0.1, 0.15) is 17.1 Å². The van der Waals surface area contributed by atoms with E-state index < -0.39 is 11.6 Å². The Hall–Kier alpha value is -3.26. The lowest BCUT2D eigenvalue weighted by Crippen LogP contribution is -2.45. The van der Waals surface area contributed by atoms with E-state index in [2.05, 4.69) is 5.32 Å². The number of nitrogens with one attached hydrogen (secondary N) is 1. The molecule has 3 heterocycles. The Labute approximate surface area is 190 Å². The smallest absolute Gasteiger partial charge is 0.325 e. The van der Waals surface area contributed by atoms with Crippen LogP contribution in [0.15, 0.2) is 54.6 Å². The number of carbonyl (C=O) groups excluding carboxylic acids is 3. The first-order chi connectivity index (χ1) is 15.5. The number of para-hydroxylation sites is 1. The van der Waals surface area contributed by atoms with Gasteiger partial charge in [-0.05, 0) is 37.0 Å².